The van der Waals surface area contributed by atoms with Crippen LogP contribution >= 0.6 is 12.6 Å². The van der Waals surface area contributed by atoms with Crippen molar-refractivity contribution in [2.24, 2.45) is 17.6 Å². The summed E-state index contributed by atoms with van der Waals surface area (Å²) in [5.74, 6) is -3.44. The Balaban J connectivity index is 2.07. The molecule has 204 valence electrons. The molecule has 0 radical (unpaired) electrons. The van der Waals surface area contributed by atoms with Crippen LogP contribution in [0.4, 0.5) is 0 Å². The molecule has 2 aromatic rings. The quantitative estimate of drug-likeness (QED) is 0.182. The van der Waals surface area contributed by atoms with Crippen LogP contribution in [0, 0.1) is 11.8 Å². The molecule has 0 spiro atoms. The maximum atomic E-state index is 13.1. The molecule has 0 fully saturated rings. The number of hydrogen-bond acceptors (Lipinski definition) is 6. The second-order valence-corrected chi connectivity index (χ2v) is 9.86. The first-order valence-electron chi connectivity index (χ1n) is 12.6. The van der Waals surface area contributed by atoms with E-state index >= 15 is 0 Å². The summed E-state index contributed by atoms with van der Waals surface area (Å²) >= 11 is 4.21. The van der Waals surface area contributed by atoms with Gasteiger partial charge in [-0.25, -0.2) is 4.79 Å². The van der Waals surface area contributed by atoms with Crippen LogP contribution in [-0.2, 0) is 25.6 Å². The highest BCUT2D eigenvalue weighted by Gasteiger charge is 2.33. The summed E-state index contributed by atoms with van der Waals surface area (Å²) in [4.78, 5) is 53.7. The molecule has 37 heavy (non-hydrogen) atoms. The topological polar surface area (TPSA) is 166 Å². The van der Waals surface area contributed by atoms with Crippen molar-refractivity contribution in [3.63, 3.8) is 0 Å². The van der Waals surface area contributed by atoms with Gasteiger partial charge in [0, 0.05) is 22.9 Å². The van der Waals surface area contributed by atoms with Gasteiger partial charge in [-0.05, 0) is 29.9 Å². The number of para-hydroxylation sites is 1. The molecule has 3 amide bonds. The normalized spacial score (nSPS) is 16.2. The maximum Gasteiger partial charge on any atom is 0.326 e. The van der Waals surface area contributed by atoms with Crippen LogP contribution in [0.5, 0.6) is 0 Å². The van der Waals surface area contributed by atoms with E-state index in [1.54, 1.807) is 20.0 Å². The van der Waals surface area contributed by atoms with Crippen molar-refractivity contribution in [3.05, 3.63) is 36.0 Å². The number of aromatic nitrogens is 1. The first kappa shape index (κ1) is 30.2. The molecule has 1 heterocycles. The van der Waals surface area contributed by atoms with Crippen molar-refractivity contribution in [1.82, 2.24) is 20.9 Å². The Labute approximate surface area is 222 Å². The monoisotopic (exact) mass is 533 g/mol. The molecule has 6 atom stereocenters. The number of H-pyrrole nitrogens is 1. The molecule has 0 saturated heterocycles. The van der Waals surface area contributed by atoms with Gasteiger partial charge in [0.05, 0.1) is 6.04 Å². The highest BCUT2D eigenvalue weighted by Crippen LogP contribution is 2.19. The summed E-state index contributed by atoms with van der Waals surface area (Å²) in [5.41, 5.74) is 7.96. The molecule has 11 heteroatoms. The van der Waals surface area contributed by atoms with Gasteiger partial charge in [0.1, 0.15) is 18.1 Å². The van der Waals surface area contributed by atoms with E-state index in [-0.39, 0.29) is 24.0 Å². The van der Waals surface area contributed by atoms with Crippen molar-refractivity contribution in [2.75, 3.05) is 5.75 Å². The molecule has 7 N–H and O–H groups in total. The Morgan fingerprint density at radius 3 is 2.14 bits per heavy atom. The van der Waals surface area contributed by atoms with Gasteiger partial charge in [0.15, 0.2) is 0 Å². The number of carbonyl (C=O) groups is 4. The molecule has 0 aliphatic rings. The third-order valence-electron chi connectivity index (χ3n) is 6.84. The summed E-state index contributed by atoms with van der Waals surface area (Å²) in [5, 5.41) is 18.4. The zero-order valence-electron chi connectivity index (χ0n) is 21.8. The second-order valence-electron chi connectivity index (χ2n) is 9.50. The third kappa shape index (κ3) is 7.96. The van der Waals surface area contributed by atoms with Crippen molar-refractivity contribution in [3.8, 4) is 0 Å². The van der Waals surface area contributed by atoms with Gasteiger partial charge in [-0.3, -0.25) is 14.4 Å². The number of thiol groups is 1. The smallest absolute Gasteiger partial charge is 0.326 e. The predicted octanol–water partition coefficient (Wildman–Crippen LogP) is 1.60. The van der Waals surface area contributed by atoms with E-state index in [9.17, 15) is 24.3 Å². The lowest BCUT2D eigenvalue weighted by Crippen LogP contribution is -2.59. The number of carboxylic acid groups (broad SMARTS) is 1. The Hall–Kier alpha value is -3.05. The van der Waals surface area contributed by atoms with Crippen LogP contribution in [0.1, 0.15) is 46.1 Å². The zero-order valence-corrected chi connectivity index (χ0v) is 22.7. The van der Waals surface area contributed by atoms with Crippen LogP contribution in [0.25, 0.3) is 10.9 Å². The number of amides is 3. The van der Waals surface area contributed by atoms with Crippen molar-refractivity contribution in [2.45, 2.75) is 71.1 Å². The zero-order chi connectivity index (χ0) is 27.7. The number of carboxylic acids is 1. The lowest BCUT2D eigenvalue weighted by Gasteiger charge is -2.29. The number of fused-ring (bicyclic) bond motifs is 1. The summed E-state index contributed by atoms with van der Waals surface area (Å²) in [6.45, 7) is 7.22. The fraction of sp³-hybridized carbons (Fsp3) is 0.538. The van der Waals surface area contributed by atoms with Gasteiger partial charge >= 0.3 is 5.97 Å². The molecule has 0 aliphatic carbocycles. The fourth-order valence-electron chi connectivity index (χ4n) is 3.98. The van der Waals surface area contributed by atoms with Gasteiger partial charge in [-0.15, -0.1) is 0 Å². The Morgan fingerprint density at radius 1 is 0.946 bits per heavy atom. The largest absolute Gasteiger partial charge is 0.480 e. The van der Waals surface area contributed by atoms with Gasteiger partial charge in [-0.2, -0.15) is 12.6 Å². The highest BCUT2D eigenvalue weighted by atomic mass is 32.1. The van der Waals surface area contributed by atoms with E-state index in [4.69, 9.17) is 5.73 Å². The van der Waals surface area contributed by atoms with E-state index in [1.165, 1.54) is 0 Å². The molecule has 0 bridgehead atoms. The molecule has 1 aromatic heterocycles. The average molecular weight is 534 g/mol. The Bertz CT molecular complexity index is 1090. The Kier molecular flexibility index (Phi) is 11.4. The molecule has 2 rings (SSSR count). The first-order valence-corrected chi connectivity index (χ1v) is 13.2. The number of aromatic amines is 1. The van der Waals surface area contributed by atoms with Crippen molar-refractivity contribution >= 4 is 47.2 Å². The minimum atomic E-state index is -1.14. The second kappa shape index (κ2) is 14.0. The number of nitrogens with one attached hydrogen (secondary N) is 4. The van der Waals surface area contributed by atoms with Crippen LogP contribution in [0.15, 0.2) is 30.5 Å². The first-order chi connectivity index (χ1) is 17.5. The van der Waals surface area contributed by atoms with E-state index in [0.29, 0.717) is 12.8 Å². The fourth-order valence-corrected chi connectivity index (χ4v) is 4.24. The molecule has 0 saturated carbocycles. The summed E-state index contributed by atoms with van der Waals surface area (Å²) < 4.78 is 0. The molecule has 0 aliphatic heterocycles. The number of benzene rings is 1. The average Bonchev–Trinajstić information content (AvgIpc) is 3.29. The lowest BCUT2D eigenvalue weighted by molar-refractivity contribution is -0.144. The third-order valence-corrected chi connectivity index (χ3v) is 7.20. The summed E-state index contributed by atoms with van der Waals surface area (Å²) in [6.07, 6.45) is 3.19. The van der Waals surface area contributed by atoms with Gasteiger partial charge < -0.3 is 31.8 Å². The number of rotatable bonds is 14. The van der Waals surface area contributed by atoms with Gasteiger partial charge in [-0.1, -0.05) is 58.7 Å². The van der Waals surface area contributed by atoms with Crippen LogP contribution in [0.3, 0.4) is 0 Å². The van der Waals surface area contributed by atoms with Crippen LogP contribution < -0.4 is 21.7 Å². The van der Waals surface area contributed by atoms with Crippen molar-refractivity contribution < 1.29 is 24.3 Å². The maximum absolute atomic E-state index is 13.1. The molecule has 1 aromatic carbocycles. The minimum absolute atomic E-state index is 0.0170. The van der Waals surface area contributed by atoms with E-state index in [1.807, 2.05) is 38.1 Å². The van der Waals surface area contributed by atoms with Gasteiger partial charge in [0.2, 0.25) is 17.7 Å². The highest BCUT2D eigenvalue weighted by molar-refractivity contribution is 7.80. The van der Waals surface area contributed by atoms with E-state index in [2.05, 4.69) is 33.6 Å². The van der Waals surface area contributed by atoms with Crippen molar-refractivity contribution in [1.29, 1.82) is 0 Å². The lowest BCUT2D eigenvalue weighted by atomic mass is 9.95. The SMILES string of the molecule is CCC(C)C(NC(=O)C(NC(=O)C(CS)NC(=O)C(N)Cc1c[nH]c2ccccc12)C(C)CC)C(=O)O. The summed E-state index contributed by atoms with van der Waals surface area (Å²) in [7, 11) is 0. The number of nitrogens with two attached hydrogens (primary N) is 1. The Morgan fingerprint density at radius 2 is 1.54 bits per heavy atom. The molecule has 10 nitrogen and oxygen atoms in total. The standard InChI is InChI=1S/C26H39N5O5S/c1-5-14(3)21(25(34)31-22(26(35)36)15(4)6-2)30-24(33)20(13-37)29-23(32)18(27)11-16-12-28-19-10-8-7-9-17(16)19/h7-10,12,14-15,18,20-22,28,37H,5-6,11,13,27H2,1-4H3,(H,29,32)(H,30,33)(H,31,34)(H,35,36). The van der Waals surface area contributed by atoms with Gasteiger partial charge in [0.25, 0.3) is 0 Å². The number of hydrogen-bond donors (Lipinski definition) is 7. The molecule has 6 unspecified atom stereocenters. The minimum Gasteiger partial charge on any atom is -0.480 e. The summed E-state index contributed by atoms with van der Waals surface area (Å²) in [6, 6.07) is 3.67. The predicted molar refractivity (Wildman–Crippen MR) is 146 cm³/mol. The molecular weight excluding hydrogens is 494 g/mol. The van der Waals surface area contributed by atoms with E-state index < -0.39 is 47.9 Å². The van der Waals surface area contributed by atoms with E-state index in [0.717, 1.165) is 16.5 Å². The number of aliphatic carboxylic acids is 1. The molecular formula is C26H39N5O5S. The number of carbonyl (C=O) groups excluding carboxylic acids is 3. The van der Waals surface area contributed by atoms with Crippen LogP contribution in [0.2, 0.25) is 0 Å². The van der Waals surface area contributed by atoms with Crippen LogP contribution in [-0.4, -0.2) is 63.7 Å².